The summed E-state index contributed by atoms with van der Waals surface area (Å²) in [7, 11) is 1.73. The van der Waals surface area contributed by atoms with Crippen LogP contribution in [0.5, 0.6) is 0 Å². The van der Waals surface area contributed by atoms with Crippen LogP contribution in [0.2, 0.25) is 0 Å². The smallest absolute Gasteiger partial charge is 0.248 e. The van der Waals surface area contributed by atoms with Crippen LogP contribution in [-0.2, 0) is 4.79 Å². The van der Waals surface area contributed by atoms with Gasteiger partial charge in [-0.15, -0.1) is 0 Å². The molecule has 0 aromatic carbocycles. The molecule has 1 amide bonds. The Morgan fingerprint density at radius 1 is 1.50 bits per heavy atom. The zero-order valence-corrected chi connectivity index (χ0v) is 9.87. The van der Waals surface area contributed by atoms with Gasteiger partial charge in [0, 0.05) is 12.6 Å². The molecule has 0 aromatic rings. The number of nitrogens with two attached hydrogens (primary N) is 1. The summed E-state index contributed by atoms with van der Waals surface area (Å²) in [5, 5.41) is 0. The highest BCUT2D eigenvalue weighted by Gasteiger charge is 2.18. The van der Waals surface area contributed by atoms with Crippen molar-refractivity contribution >= 4 is 11.6 Å². The maximum atomic E-state index is 11.1. The SMILES string of the molecule is C=C(C(N)=O)C1=C(C)C(=NC)/C(=C\C)C=C1. The minimum absolute atomic E-state index is 0.324. The van der Waals surface area contributed by atoms with Gasteiger partial charge in [-0.1, -0.05) is 24.8 Å². The van der Waals surface area contributed by atoms with Gasteiger partial charge in [-0.3, -0.25) is 9.79 Å². The Kier molecular flexibility index (Phi) is 3.61. The Balaban J connectivity index is 3.30. The lowest BCUT2D eigenvalue weighted by atomic mass is 9.89. The molecule has 0 saturated heterocycles. The van der Waals surface area contributed by atoms with Gasteiger partial charge in [-0.05, 0) is 30.6 Å². The van der Waals surface area contributed by atoms with Gasteiger partial charge < -0.3 is 5.73 Å². The van der Waals surface area contributed by atoms with Crippen molar-refractivity contribution in [2.45, 2.75) is 13.8 Å². The van der Waals surface area contributed by atoms with Crippen molar-refractivity contribution in [1.29, 1.82) is 0 Å². The second-order valence-corrected chi connectivity index (χ2v) is 3.53. The number of hydrogen-bond donors (Lipinski definition) is 1. The lowest BCUT2D eigenvalue weighted by molar-refractivity contribution is -0.114. The molecule has 0 bridgehead atoms. The van der Waals surface area contributed by atoms with Gasteiger partial charge in [-0.2, -0.15) is 0 Å². The maximum Gasteiger partial charge on any atom is 0.248 e. The van der Waals surface area contributed by atoms with E-state index in [0.717, 1.165) is 22.4 Å². The molecule has 0 radical (unpaired) electrons. The number of carbonyl (C=O) groups excluding carboxylic acids is 1. The third-order valence-corrected chi connectivity index (χ3v) is 2.62. The molecule has 0 atom stereocenters. The van der Waals surface area contributed by atoms with E-state index in [2.05, 4.69) is 11.6 Å². The van der Waals surface area contributed by atoms with Crippen molar-refractivity contribution < 1.29 is 4.79 Å². The second kappa shape index (κ2) is 4.75. The molecule has 3 nitrogen and oxygen atoms in total. The van der Waals surface area contributed by atoms with Crippen LogP contribution >= 0.6 is 0 Å². The summed E-state index contributed by atoms with van der Waals surface area (Å²) in [6.45, 7) is 7.56. The first-order chi connectivity index (χ1) is 7.52. The first-order valence-corrected chi connectivity index (χ1v) is 5.04. The summed E-state index contributed by atoms with van der Waals surface area (Å²) >= 11 is 0. The van der Waals surface area contributed by atoms with Crippen LogP contribution in [0.4, 0.5) is 0 Å². The first-order valence-electron chi connectivity index (χ1n) is 5.04. The standard InChI is InChI=1S/C13H16N2O/c1-5-10-6-7-11(9(3)13(14)16)8(2)12(10)15-4/h5-7H,3H2,1-2,4H3,(H2,14,16)/b10-5-,15-12?. The zero-order valence-electron chi connectivity index (χ0n) is 9.87. The van der Waals surface area contributed by atoms with Crippen molar-refractivity contribution in [3.05, 3.63) is 47.1 Å². The van der Waals surface area contributed by atoms with Gasteiger partial charge in [0.1, 0.15) is 0 Å². The van der Waals surface area contributed by atoms with Crippen molar-refractivity contribution in [3.63, 3.8) is 0 Å². The maximum absolute atomic E-state index is 11.1. The third kappa shape index (κ3) is 2.03. The number of amides is 1. The highest BCUT2D eigenvalue weighted by atomic mass is 16.1. The Hall–Kier alpha value is -1.90. The van der Waals surface area contributed by atoms with E-state index in [9.17, 15) is 4.79 Å². The van der Waals surface area contributed by atoms with Crippen molar-refractivity contribution in [2.75, 3.05) is 7.05 Å². The van der Waals surface area contributed by atoms with E-state index in [4.69, 9.17) is 5.73 Å². The van der Waals surface area contributed by atoms with Crippen LogP contribution < -0.4 is 5.73 Å². The number of carbonyl (C=O) groups is 1. The molecule has 1 aliphatic carbocycles. The largest absolute Gasteiger partial charge is 0.366 e. The van der Waals surface area contributed by atoms with E-state index >= 15 is 0 Å². The Bertz CT molecular complexity index is 462. The molecule has 84 valence electrons. The van der Waals surface area contributed by atoms with Crippen molar-refractivity contribution in [1.82, 2.24) is 0 Å². The predicted octanol–water partition coefficient (Wildman–Crippen LogP) is 1.93. The van der Waals surface area contributed by atoms with Gasteiger partial charge in [-0.25, -0.2) is 0 Å². The average Bonchev–Trinajstić information content (AvgIpc) is 2.27. The molecule has 0 fully saturated rings. The van der Waals surface area contributed by atoms with Crippen LogP contribution in [0.25, 0.3) is 0 Å². The van der Waals surface area contributed by atoms with E-state index in [1.54, 1.807) is 7.05 Å². The van der Waals surface area contributed by atoms with Crippen LogP contribution in [0, 0.1) is 0 Å². The van der Waals surface area contributed by atoms with Gasteiger partial charge in [0.15, 0.2) is 0 Å². The lowest BCUT2D eigenvalue weighted by Crippen LogP contribution is -2.18. The monoisotopic (exact) mass is 216 g/mol. The van der Waals surface area contributed by atoms with Gasteiger partial charge in [0.2, 0.25) is 5.91 Å². The molecule has 3 heteroatoms. The summed E-state index contributed by atoms with van der Waals surface area (Å²) in [5.41, 5.74) is 9.16. The van der Waals surface area contributed by atoms with Crippen molar-refractivity contribution in [2.24, 2.45) is 10.7 Å². The molecular formula is C13H16N2O. The van der Waals surface area contributed by atoms with Crippen LogP contribution in [0.1, 0.15) is 13.8 Å². The van der Waals surface area contributed by atoms with E-state index in [-0.39, 0.29) is 0 Å². The molecule has 16 heavy (non-hydrogen) atoms. The van der Waals surface area contributed by atoms with Crippen LogP contribution in [0.3, 0.4) is 0 Å². The van der Waals surface area contributed by atoms with Gasteiger partial charge in [0.05, 0.1) is 5.71 Å². The number of rotatable bonds is 2. The Morgan fingerprint density at radius 2 is 2.12 bits per heavy atom. The number of nitrogens with zero attached hydrogens (tertiary/aromatic N) is 1. The average molecular weight is 216 g/mol. The molecule has 0 saturated carbocycles. The van der Waals surface area contributed by atoms with E-state index < -0.39 is 5.91 Å². The second-order valence-electron chi connectivity index (χ2n) is 3.53. The zero-order chi connectivity index (χ0) is 12.3. The van der Waals surface area contributed by atoms with Crippen molar-refractivity contribution in [3.8, 4) is 0 Å². The Labute approximate surface area is 95.8 Å². The quantitative estimate of drug-likeness (QED) is 0.704. The fourth-order valence-electron chi connectivity index (χ4n) is 1.71. The summed E-state index contributed by atoms with van der Waals surface area (Å²) < 4.78 is 0. The Morgan fingerprint density at radius 3 is 2.56 bits per heavy atom. The molecule has 2 N–H and O–H groups in total. The molecule has 0 aliphatic heterocycles. The highest BCUT2D eigenvalue weighted by Crippen LogP contribution is 2.25. The molecule has 1 aliphatic rings. The minimum atomic E-state index is -0.501. The van der Waals surface area contributed by atoms with Crippen LogP contribution in [0.15, 0.2) is 52.1 Å². The van der Waals surface area contributed by atoms with Gasteiger partial charge >= 0.3 is 0 Å². The van der Waals surface area contributed by atoms with Gasteiger partial charge in [0.25, 0.3) is 0 Å². The normalized spacial score (nSPS) is 20.7. The number of hydrogen-bond acceptors (Lipinski definition) is 2. The highest BCUT2D eigenvalue weighted by molar-refractivity contribution is 6.17. The molecule has 0 spiro atoms. The predicted molar refractivity (Wildman–Crippen MR) is 67.3 cm³/mol. The number of primary amides is 1. The molecule has 0 heterocycles. The number of allylic oxidation sites excluding steroid dienone is 5. The minimum Gasteiger partial charge on any atom is -0.366 e. The topological polar surface area (TPSA) is 55.5 Å². The van der Waals surface area contributed by atoms with E-state index in [1.807, 2.05) is 32.1 Å². The molecule has 0 unspecified atom stereocenters. The van der Waals surface area contributed by atoms with E-state index in [0.29, 0.717) is 5.57 Å². The third-order valence-electron chi connectivity index (χ3n) is 2.62. The fraction of sp³-hybridized carbons (Fsp3) is 0.231. The first kappa shape index (κ1) is 12.2. The summed E-state index contributed by atoms with van der Waals surface area (Å²) in [6, 6.07) is 0. The van der Waals surface area contributed by atoms with E-state index in [1.165, 1.54) is 0 Å². The molecule has 0 aromatic heterocycles. The molecular weight excluding hydrogens is 200 g/mol. The molecule has 1 rings (SSSR count). The number of aliphatic imine (C=N–C) groups is 1. The van der Waals surface area contributed by atoms with Crippen LogP contribution in [-0.4, -0.2) is 18.7 Å². The lowest BCUT2D eigenvalue weighted by Gasteiger charge is -2.17. The summed E-state index contributed by atoms with van der Waals surface area (Å²) in [5.74, 6) is -0.501. The fourth-order valence-corrected chi connectivity index (χ4v) is 1.71. The summed E-state index contributed by atoms with van der Waals surface area (Å²) in [4.78, 5) is 15.3. The summed E-state index contributed by atoms with van der Waals surface area (Å²) in [6.07, 6.45) is 5.75.